The van der Waals surface area contributed by atoms with E-state index in [2.05, 4.69) is 34.9 Å². The number of aryl methyl sites for hydroxylation is 1. The molecular formula is C24H31N3O2S. The van der Waals surface area contributed by atoms with Crippen molar-refractivity contribution < 1.29 is 9.47 Å². The highest BCUT2D eigenvalue weighted by Crippen LogP contribution is 2.29. The predicted molar refractivity (Wildman–Crippen MR) is 126 cm³/mol. The molecular weight excluding hydrogens is 394 g/mol. The van der Waals surface area contributed by atoms with Crippen molar-refractivity contribution in [1.29, 1.82) is 0 Å². The summed E-state index contributed by atoms with van der Waals surface area (Å²) < 4.78 is 11.8. The minimum atomic E-state index is 0.461. The molecule has 0 atom stereocenters. The second-order valence-corrected chi connectivity index (χ2v) is 7.94. The van der Waals surface area contributed by atoms with Gasteiger partial charge in [-0.1, -0.05) is 43.5 Å². The van der Waals surface area contributed by atoms with Gasteiger partial charge in [-0.15, -0.1) is 0 Å². The molecule has 2 aromatic rings. The van der Waals surface area contributed by atoms with E-state index in [0.717, 1.165) is 16.9 Å². The molecule has 1 fully saturated rings. The molecule has 160 valence electrons. The van der Waals surface area contributed by atoms with Crippen molar-refractivity contribution in [3.8, 4) is 11.5 Å². The minimum absolute atomic E-state index is 0.461. The van der Waals surface area contributed by atoms with Crippen molar-refractivity contribution in [1.82, 2.24) is 10.7 Å². The highest BCUT2D eigenvalue weighted by Gasteiger charge is 2.13. The van der Waals surface area contributed by atoms with Crippen LogP contribution in [-0.2, 0) is 6.61 Å². The van der Waals surface area contributed by atoms with Gasteiger partial charge in [-0.05, 0) is 73.8 Å². The molecule has 5 nitrogen and oxygen atoms in total. The van der Waals surface area contributed by atoms with Gasteiger partial charge < -0.3 is 14.8 Å². The number of hydrogen-bond acceptors (Lipinski definition) is 4. The van der Waals surface area contributed by atoms with E-state index in [1.165, 1.54) is 37.7 Å². The smallest absolute Gasteiger partial charge is 0.187 e. The molecule has 0 saturated heterocycles. The van der Waals surface area contributed by atoms with Crippen LogP contribution in [-0.4, -0.2) is 24.0 Å². The van der Waals surface area contributed by atoms with Crippen LogP contribution in [0.25, 0.3) is 0 Å². The summed E-state index contributed by atoms with van der Waals surface area (Å²) >= 11 is 5.35. The van der Waals surface area contributed by atoms with E-state index in [1.807, 2.05) is 37.3 Å². The number of rotatable bonds is 8. The zero-order valence-electron chi connectivity index (χ0n) is 17.8. The summed E-state index contributed by atoms with van der Waals surface area (Å²) in [7, 11) is 0. The largest absolute Gasteiger partial charge is 0.490 e. The number of hydrazone groups is 1. The Labute approximate surface area is 184 Å². The Morgan fingerprint density at radius 3 is 2.67 bits per heavy atom. The topological polar surface area (TPSA) is 54.9 Å². The molecule has 0 spiro atoms. The van der Waals surface area contributed by atoms with Gasteiger partial charge in [-0.3, -0.25) is 5.43 Å². The summed E-state index contributed by atoms with van der Waals surface area (Å²) in [5.41, 5.74) is 6.20. The van der Waals surface area contributed by atoms with Crippen LogP contribution in [0.3, 0.4) is 0 Å². The van der Waals surface area contributed by atoms with E-state index in [1.54, 1.807) is 6.21 Å². The first-order chi connectivity index (χ1) is 14.7. The lowest BCUT2D eigenvalue weighted by Crippen LogP contribution is -2.40. The Morgan fingerprint density at radius 2 is 1.90 bits per heavy atom. The van der Waals surface area contributed by atoms with E-state index < -0.39 is 0 Å². The molecule has 1 aliphatic carbocycles. The van der Waals surface area contributed by atoms with Crippen LogP contribution < -0.4 is 20.2 Å². The van der Waals surface area contributed by atoms with E-state index in [-0.39, 0.29) is 0 Å². The van der Waals surface area contributed by atoms with Crippen molar-refractivity contribution in [3.63, 3.8) is 0 Å². The van der Waals surface area contributed by atoms with Crippen molar-refractivity contribution in [2.24, 2.45) is 5.10 Å². The van der Waals surface area contributed by atoms with E-state index in [9.17, 15) is 0 Å². The summed E-state index contributed by atoms with van der Waals surface area (Å²) in [6.07, 6.45) is 7.94. The normalized spacial score (nSPS) is 14.5. The summed E-state index contributed by atoms with van der Waals surface area (Å²) in [4.78, 5) is 0. The monoisotopic (exact) mass is 425 g/mol. The molecule has 0 aromatic heterocycles. The van der Waals surface area contributed by atoms with Crippen LogP contribution in [0.1, 0.15) is 55.7 Å². The van der Waals surface area contributed by atoms with Gasteiger partial charge in [0.2, 0.25) is 0 Å². The number of ether oxygens (including phenoxy) is 2. The van der Waals surface area contributed by atoms with Crippen LogP contribution in [0.4, 0.5) is 0 Å². The highest BCUT2D eigenvalue weighted by molar-refractivity contribution is 7.80. The predicted octanol–water partition coefficient (Wildman–Crippen LogP) is 5.10. The van der Waals surface area contributed by atoms with Gasteiger partial charge in [0, 0.05) is 6.04 Å². The van der Waals surface area contributed by atoms with Crippen molar-refractivity contribution >= 4 is 23.5 Å². The Kier molecular flexibility index (Phi) is 8.51. The van der Waals surface area contributed by atoms with Gasteiger partial charge in [-0.25, -0.2) is 0 Å². The number of nitrogens with zero attached hydrogens (tertiary/aromatic N) is 1. The standard InChI is InChI=1S/C24H31N3O2S/c1-3-28-23-15-19(16-25-27-24(30)26-21-11-5-4-6-12-21)13-14-22(23)29-17-20-10-8-7-9-18(20)2/h7-10,13-16,21H,3-6,11-12,17H2,1-2H3,(H2,26,27,30)/b25-16+. The van der Waals surface area contributed by atoms with Crippen molar-refractivity contribution in [2.75, 3.05) is 6.61 Å². The Balaban J connectivity index is 1.57. The lowest BCUT2D eigenvalue weighted by molar-refractivity contribution is 0.269. The maximum Gasteiger partial charge on any atom is 0.187 e. The summed E-state index contributed by atoms with van der Waals surface area (Å²) in [5, 5.41) is 8.18. The number of benzene rings is 2. The van der Waals surface area contributed by atoms with Crippen molar-refractivity contribution in [3.05, 3.63) is 59.2 Å². The Bertz CT molecular complexity index is 863. The molecule has 3 rings (SSSR count). The zero-order valence-corrected chi connectivity index (χ0v) is 18.6. The number of nitrogens with one attached hydrogen (secondary N) is 2. The van der Waals surface area contributed by atoms with Gasteiger partial charge in [0.25, 0.3) is 0 Å². The third kappa shape index (κ3) is 6.73. The molecule has 6 heteroatoms. The molecule has 1 saturated carbocycles. The van der Waals surface area contributed by atoms with Gasteiger partial charge >= 0.3 is 0 Å². The summed E-state index contributed by atoms with van der Waals surface area (Å²) in [6.45, 7) is 5.11. The van der Waals surface area contributed by atoms with Crippen LogP contribution in [0.15, 0.2) is 47.6 Å². The Hall–Kier alpha value is -2.60. The maximum atomic E-state index is 6.02. The van der Waals surface area contributed by atoms with Crippen LogP contribution in [0.5, 0.6) is 11.5 Å². The van der Waals surface area contributed by atoms with Gasteiger partial charge in [-0.2, -0.15) is 5.10 Å². The summed E-state index contributed by atoms with van der Waals surface area (Å²) in [5.74, 6) is 1.43. The first kappa shape index (κ1) is 22.1. The number of hydrogen-bond donors (Lipinski definition) is 2. The van der Waals surface area contributed by atoms with Crippen LogP contribution in [0.2, 0.25) is 0 Å². The van der Waals surface area contributed by atoms with Gasteiger partial charge in [0.05, 0.1) is 12.8 Å². The van der Waals surface area contributed by atoms with E-state index in [0.29, 0.717) is 30.1 Å². The molecule has 1 aliphatic rings. The fourth-order valence-electron chi connectivity index (χ4n) is 3.55. The highest BCUT2D eigenvalue weighted by atomic mass is 32.1. The average Bonchev–Trinajstić information content (AvgIpc) is 2.75. The molecule has 2 aromatic carbocycles. The SMILES string of the molecule is CCOc1cc(/C=N/NC(=S)NC2CCCCC2)ccc1OCc1ccccc1C. The quantitative estimate of drug-likeness (QED) is 0.350. The third-order valence-electron chi connectivity index (χ3n) is 5.23. The minimum Gasteiger partial charge on any atom is -0.490 e. The zero-order chi connectivity index (χ0) is 21.2. The Morgan fingerprint density at radius 1 is 1.10 bits per heavy atom. The lowest BCUT2D eigenvalue weighted by Gasteiger charge is -2.23. The summed E-state index contributed by atoms with van der Waals surface area (Å²) in [6, 6.07) is 14.5. The molecule has 0 radical (unpaired) electrons. The fourth-order valence-corrected chi connectivity index (χ4v) is 3.77. The van der Waals surface area contributed by atoms with Gasteiger partial charge in [0.1, 0.15) is 6.61 Å². The second kappa shape index (κ2) is 11.6. The molecule has 0 aliphatic heterocycles. The fraction of sp³-hybridized carbons (Fsp3) is 0.417. The number of thiocarbonyl (C=S) groups is 1. The van der Waals surface area contributed by atoms with E-state index in [4.69, 9.17) is 21.7 Å². The van der Waals surface area contributed by atoms with E-state index >= 15 is 0 Å². The second-order valence-electron chi connectivity index (χ2n) is 7.53. The van der Waals surface area contributed by atoms with Crippen LogP contribution in [0, 0.1) is 6.92 Å². The molecule has 30 heavy (non-hydrogen) atoms. The lowest BCUT2D eigenvalue weighted by atomic mass is 9.96. The molecule has 0 bridgehead atoms. The first-order valence-corrected chi connectivity index (χ1v) is 11.1. The third-order valence-corrected chi connectivity index (χ3v) is 5.44. The van der Waals surface area contributed by atoms with Gasteiger partial charge in [0.15, 0.2) is 16.6 Å². The molecule has 0 heterocycles. The molecule has 2 N–H and O–H groups in total. The maximum absolute atomic E-state index is 6.02. The van der Waals surface area contributed by atoms with Crippen LogP contribution >= 0.6 is 12.2 Å². The first-order valence-electron chi connectivity index (χ1n) is 10.7. The average molecular weight is 426 g/mol. The van der Waals surface area contributed by atoms with Crippen molar-refractivity contribution in [2.45, 2.75) is 58.6 Å². The molecule has 0 unspecified atom stereocenters. The molecule has 0 amide bonds.